The quantitative estimate of drug-likeness (QED) is 0.519. The Kier molecular flexibility index (Phi) is 5.45. The number of benzene rings is 1. The van der Waals surface area contributed by atoms with Crippen molar-refractivity contribution in [1.82, 2.24) is 0 Å². The van der Waals surface area contributed by atoms with Crippen LogP contribution in [-0.4, -0.2) is 24.5 Å². The van der Waals surface area contributed by atoms with Gasteiger partial charge in [-0.1, -0.05) is 0 Å². The van der Waals surface area contributed by atoms with Crippen molar-refractivity contribution >= 4 is 58.9 Å². The molecule has 0 heterocycles. The van der Waals surface area contributed by atoms with E-state index in [2.05, 4.69) is 47.8 Å². The van der Waals surface area contributed by atoms with Crippen LogP contribution in [0.15, 0.2) is 12.1 Å². The van der Waals surface area contributed by atoms with Gasteiger partial charge in [0, 0.05) is 11.1 Å². The molecule has 0 N–H and O–H groups in total. The number of fused-ring (bicyclic) bond motifs is 1. The maximum atomic E-state index is 9.88. The van der Waals surface area contributed by atoms with Gasteiger partial charge in [0.1, 0.15) is 0 Å². The van der Waals surface area contributed by atoms with Crippen LogP contribution < -0.4 is 9.47 Å². The molecule has 2 rings (SSSR count). The molecule has 2 aliphatic rings. The van der Waals surface area contributed by atoms with Crippen LogP contribution in [0.3, 0.4) is 0 Å². The lowest BCUT2D eigenvalue weighted by molar-refractivity contribution is 0.349. The van der Waals surface area contributed by atoms with Crippen LogP contribution in [0.1, 0.15) is 0 Å². The Morgan fingerprint density at radius 2 is 1.41 bits per heavy atom. The summed E-state index contributed by atoms with van der Waals surface area (Å²) in [6.45, 7) is 0. The summed E-state index contributed by atoms with van der Waals surface area (Å²) in [6, 6.07) is 4.05. The third kappa shape index (κ3) is 3.44. The number of alkyl halides is 3. The topological polar surface area (TPSA) is 58.6 Å². The molecule has 4 nitrogen and oxygen atoms in total. The van der Waals surface area contributed by atoms with E-state index < -0.39 is 12.6 Å². The van der Waals surface area contributed by atoms with Crippen LogP contribution in [0.2, 0.25) is 0 Å². The fraction of sp³-hybridized carbons (Fsp3) is 0.333. The van der Waals surface area contributed by atoms with E-state index in [1.165, 1.54) is 11.1 Å². The van der Waals surface area contributed by atoms with E-state index in [-0.39, 0.29) is 0 Å². The minimum absolute atomic E-state index is 0.889. The van der Waals surface area contributed by atoms with Crippen LogP contribution in [-0.2, 0) is 11.1 Å². The summed E-state index contributed by atoms with van der Waals surface area (Å²) >= 11 is 6.11. The molecular formula is C9H8Br3O4S-. The molecule has 0 amide bonds. The van der Waals surface area contributed by atoms with E-state index in [0.717, 1.165) is 11.5 Å². The molecule has 0 radical (unpaired) electrons. The molecule has 8 heteroatoms. The molecule has 0 saturated heterocycles. The van der Waals surface area contributed by atoms with Gasteiger partial charge in [-0.15, -0.1) is 0 Å². The summed E-state index contributed by atoms with van der Waals surface area (Å²) in [5.41, 5.74) is 2.39. The van der Waals surface area contributed by atoms with Crippen molar-refractivity contribution in [3.63, 3.8) is 0 Å². The molecule has 2 aliphatic carbocycles. The van der Waals surface area contributed by atoms with Crippen molar-refractivity contribution in [1.29, 1.82) is 0 Å². The number of halogens is 3. The SMILES string of the molecule is COc1c2ccc-2c1OC.O=S([O-])C(Br)(Br)Br. The fourth-order valence-electron chi connectivity index (χ4n) is 1.23. The van der Waals surface area contributed by atoms with Crippen molar-refractivity contribution in [2.24, 2.45) is 0 Å². The zero-order valence-electron chi connectivity index (χ0n) is 8.83. The lowest BCUT2D eigenvalue weighted by Crippen LogP contribution is -2.07. The van der Waals surface area contributed by atoms with Crippen LogP contribution >= 0.6 is 47.8 Å². The van der Waals surface area contributed by atoms with Crippen molar-refractivity contribution in [2.75, 3.05) is 14.2 Å². The smallest absolute Gasteiger partial charge is 0.195 e. The lowest BCUT2D eigenvalue weighted by Gasteiger charge is -2.24. The average molecular weight is 452 g/mol. The first-order valence-electron chi connectivity index (χ1n) is 4.24. The molecule has 17 heavy (non-hydrogen) atoms. The lowest BCUT2D eigenvalue weighted by atomic mass is 9.90. The van der Waals surface area contributed by atoms with Crippen molar-refractivity contribution in [2.45, 2.75) is 1.47 Å². The molecule has 0 aromatic heterocycles. The second-order valence-electron chi connectivity index (χ2n) is 2.91. The number of methoxy groups -OCH3 is 2. The highest BCUT2D eigenvalue weighted by Gasteiger charge is 2.27. The second kappa shape index (κ2) is 6.01. The molecule has 0 aliphatic heterocycles. The number of hydrogen-bond donors (Lipinski definition) is 0. The molecule has 0 aromatic rings. The Morgan fingerprint density at radius 1 is 1.12 bits per heavy atom. The summed E-state index contributed by atoms with van der Waals surface area (Å²) in [5.74, 6) is 1.78. The number of hydrogen-bond acceptors (Lipinski definition) is 4. The normalized spacial score (nSPS) is 13.3. The summed E-state index contributed by atoms with van der Waals surface area (Å²) in [7, 11) is 3.31. The van der Waals surface area contributed by atoms with E-state index in [4.69, 9.17) is 9.47 Å². The minimum Gasteiger partial charge on any atom is -0.770 e. The van der Waals surface area contributed by atoms with Gasteiger partial charge in [0.2, 0.25) is 0 Å². The zero-order chi connectivity index (χ0) is 13.2. The summed E-state index contributed by atoms with van der Waals surface area (Å²) in [6.07, 6.45) is 0. The van der Waals surface area contributed by atoms with E-state index in [1.807, 2.05) is 12.1 Å². The van der Waals surface area contributed by atoms with Gasteiger partial charge in [-0.05, 0) is 71.0 Å². The molecule has 1 atom stereocenters. The molecule has 0 bridgehead atoms. The van der Waals surface area contributed by atoms with Gasteiger partial charge < -0.3 is 14.0 Å². The first-order chi connectivity index (χ1) is 7.82. The number of rotatable bonds is 2. The summed E-state index contributed by atoms with van der Waals surface area (Å²) < 4.78 is 28.8. The van der Waals surface area contributed by atoms with Gasteiger partial charge in [-0.3, -0.25) is 4.21 Å². The van der Waals surface area contributed by atoms with Crippen LogP contribution in [0.25, 0.3) is 11.1 Å². The highest BCUT2D eigenvalue weighted by atomic mass is 80.0. The summed E-state index contributed by atoms with van der Waals surface area (Å²) in [5, 5.41) is 0. The maximum absolute atomic E-state index is 9.88. The van der Waals surface area contributed by atoms with Crippen molar-refractivity contribution in [3.8, 4) is 22.6 Å². The third-order valence-electron chi connectivity index (χ3n) is 2.00. The van der Waals surface area contributed by atoms with Crippen molar-refractivity contribution < 1.29 is 18.2 Å². The summed E-state index contributed by atoms with van der Waals surface area (Å²) in [4.78, 5) is 0. The standard InChI is InChI=1S/C8H8O2.CHBr3O2S/c1-9-7-5-3-4-6(5)8(7)10-2;2-1(3,4)7(5)6/h3-4H,1-2H3;(H,5,6)/p-1. The fourth-order valence-corrected chi connectivity index (χ4v) is 1.23. The average Bonchev–Trinajstić information content (AvgIpc) is 2.19. The second-order valence-corrected chi connectivity index (χ2v) is 12.3. The molecule has 1 unspecified atom stereocenters. The molecule has 96 valence electrons. The third-order valence-corrected chi connectivity index (χ3v) is 4.76. The van der Waals surface area contributed by atoms with Crippen LogP contribution in [0.5, 0.6) is 11.5 Å². The largest absolute Gasteiger partial charge is 0.770 e. The van der Waals surface area contributed by atoms with Crippen LogP contribution in [0.4, 0.5) is 0 Å². The van der Waals surface area contributed by atoms with Gasteiger partial charge in [-0.25, -0.2) is 0 Å². The predicted octanol–water partition coefficient (Wildman–Crippen LogP) is 3.35. The Bertz CT molecular complexity index is 416. The number of ether oxygens (including phenoxy) is 2. The predicted molar refractivity (Wildman–Crippen MR) is 77.0 cm³/mol. The molecule has 0 aromatic carbocycles. The maximum Gasteiger partial charge on any atom is 0.195 e. The zero-order valence-corrected chi connectivity index (χ0v) is 14.4. The van der Waals surface area contributed by atoms with Gasteiger partial charge in [0.25, 0.3) is 0 Å². The van der Waals surface area contributed by atoms with E-state index in [0.29, 0.717) is 0 Å². The van der Waals surface area contributed by atoms with Gasteiger partial charge >= 0.3 is 0 Å². The minimum atomic E-state index is -2.18. The van der Waals surface area contributed by atoms with E-state index in [9.17, 15) is 8.76 Å². The van der Waals surface area contributed by atoms with E-state index >= 15 is 0 Å². The Morgan fingerprint density at radius 3 is 1.53 bits per heavy atom. The highest BCUT2D eigenvalue weighted by molar-refractivity contribution is 9.42. The highest BCUT2D eigenvalue weighted by Crippen LogP contribution is 2.54. The Labute approximate surface area is 127 Å². The monoisotopic (exact) mass is 449 g/mol. The van der Waals surface area contributed by atoms with Gasteiger partial charge in [0.15, 0.2) is 13.0 Å². The van der Waals surface area contributed by atoms with E-state index in [1.54, 1.807) is 14.2 Å². The molecule has 0 fully saturated rings. The Hall–Kier alpha value is 0.370. The Balaban J connectivity index is 0.000000185. The van der Waals surface area contributed by atoms with Crippen LogP contribution in [0, 0.1) is 0 Å². The van der Waals surface area contributed by atoms with Gasteiger partial charge in [0.05, 0.1) is 14.2 Å². The first kappa shape index (κ1) is 15.4. The van der Waals surface area contributed by atoms with Crippen molar-refractivity contribution in [3.05, 3.63) is 12.1 Å². The molecule has 0 saturated carbocycles. The first-order valence-corrected chi connectivity index (χ1v) is 7.69. The molecular weight excluding hydrogens is 444 g/mol. The molecule has 0 spiro atoms. The van der Waals surface area contributed by atoms with Gasteiger partial charge in [-0.2, -0.15) is 0 Å².